The second kappa shape index (κ2) is 11.4. The van der Waals surface area contributed by atoms with Gasteiger partial charge in [-0.15, -0.1) is 6.42 Å². The van der Waals surface area contributed by atoms with Crippen molar-refractivity contribution in [3.63, 3.8) is 0 Å². The van der Waals surface area contributed by atoms with Crippen LogP contribution in [-0.2, 0) is 14.3 Å². The number of methoxy groups -OCH3 is 1. The van der Waals surface area contributed by atoms with Crippen molar-refractivity contribution in [2.75, 3.05) is 26.9 Å². The van der Waals surface area contributed by atoms with Crippen molar-refractivity contribution in [1.82, 2.24) is 4.57 Å². The van der Waals surface area contributed by atoms with Crippen molar-refractivity contribution >= 4 is 35.0 Å². The van der Waals surface area contributed by atoms with Crippen LogP contribution in [0.15, 0.2) is 69.6 Å². The quantitative estimate of drug-likeness (QED) is 0.258. The van der Waals surface area contributed by atoms with Crippen molar-refractivity contribution in [3.8, 4) is 18.1 Å². The van der Waals surface area contributed by atoms with E-state index < -0.39 is 12.0 Å². The van der Waals surface area contributed by atoms with Gasteiger partial charge in [0.1, 0.15) is 19.0 Å². The third kappa shape index (κ3) is 5.44. The van der Waals surface area contributed by atoms with Gasteiger partial charge in [0.15, 0.2) is 4.80 Å². The maximum atomic E-state index is 13.6. The summed E-state index contributed by atoms with van der Waals surface area (Å²) in [4.78, 5) is 31.8. The van der Waals surface area contributed by atoms with Gasteiger partial charge in [-0.3, -0.25) is 9.36 Å². The summed E-state index contributed by atoms with van der Waals surface area (Å²) in [6, 6.07) is 13.6. The van der Waals surface area contributed by atoms with E-state index in [0.29, 0.717) is 31.4 Å². The molecule has 0 fully saturated rings. The van der Waals surface area contributed by atoms with Gasteiger partial charge >= 0.3 is 5.97 Å². The van der Waals surface area contributed by atoms with E-state index in [0.717, 1.165) is 11.1 Å². The third-order valence-corrected chi connectivity index (χ3v) is 6.68. The number of esters is 1. The van der Waals surface area contributed by atoms with E-state index in [1.165, 1.54) is 23.0 Å². The SMILES string of the molecule is C#CCOc1ccc(C=c2sc3n(c2=O)C(c2ccc(Cl)cc2)C(C(=O)OCCOC)=C(C)N=3)cc1. The molecule has 1 aliphatic rings. The Morgan fingerprint density at radius 3 is 2.58 bits per heavy atom. The first-order valence-corrected chi connectivity index (χ1v) is 12.2. The Labute approximate surface area is 216 Å². The number of hydrogen-bond donors (Lipinski definition) is 0. The van der Waals surface area contributed by atoms with Crippen LogP contribution < -0.4 is 19.6 Å². The van der Waals surface area contributed by atoms with Crippen LogP contribution >= 0.6 is 22.9 Å². The third-order valence-electron chi connectivity index (χ3n) is 5.45. The monoisotopic (exact) mass is 522 g/mol. The van der Waals surface area contributed by atoms with Crippen LogP contribution in [-0.4, -0.2) is 37.5 Å². The highest BCUT2D eigenvalue weighted by Crippen LogP contribution is 2.31. The molecule has 0 amide bonds. The van der Waals surface area contributed by atoms with Crippen LogP contribution in [0.5, 0.6) is 5.75 Å². The summed E-state index contributed by atoms with van der Waals surface area (Å²) in [6.45, 7) is 2.27. The van der Waals surface area contributed by atoms with E-state index in [4.69, 9.17) is 32.2 Å². The molecular weight excluding hydrogens is 500 g/mol. The van der Waals surface area contributed by atoms with Gasteiger partial charge in [0.25, 0.3) is 5.56 Å². The van der Waals surface area contributed by atoms with Gasteiger partial charge < -0.3 is 14.2 Å². The maximum absolute atomic E-state index is 13.6. The molecule has 36 heavy (non-hydrogen) atoms. The van der Waals surface area contributed by atoms with Crippen LogP contribution in [0.25, 0.3) is 6.08 Å². The first-order chi connectivity index (χ1) is 17.4. The van der Waals surface area contributed by atoms with Crippen molar-refractivity contribution < 1.29 is 19.0 Å². The fraction of sp³-hybridized carbons (Fsp3) is 0.222. The Kier molecular flexibility index (Phi) is 8.06. The molecule has 1 unspecified atom stereocenters. The van der Waals surface area contributed by atoms with Crippen molar-refractivity contribution in [1.29, 1.82) is 0 Å². The second-order valence-corrected chi connectivity index (χ2v) is 9.27. The Balaban J connectivity index is 1.80. The van der Waals surface area contributed by atoms with Gasteiger partial charge in [0, 0.05) is 12.1 Å². The molecule has 184 valence electrons. The lowest BCUT2D eigenvalue weighted by Gasteiger charge is -2.24. The van der Waals surface area contributed by atoms with Crippen LogP contribution in [0.2, 0.25) is 5.02 Å². The van der Waals surface area contributed by atoms with E-state index in [9.17, 15) is 9.59 Å². The zero-order chi connectivity index (χ0) is 25.7. The van der Waals surface area contributed by atoms with E-state index in [1.54, 1.807) is 49.4 Å². The van der Waals surface area contributed by atoms with Gasteiger partial charge in [0.2, 0.25) is 0 Å². The second-order valence-electron chi connectivity index (χ2n) is 7.82. The van der Waals surface area contributed by atoms with Crippen LogP contribution in [0.3, 0.4) is 0 Å². The summed E-state index contributed by atoms with van der Waals surface area (Å²) in [5.41, 5.74) is 2.05. The van der Waals surface area contributed by atoms with E-state index in [-0.39, 0.29) is 25.4 Å². The summed E-state index contributed by atoms with van der Waals surface area (Å²) >= 11 is 7.36. The molecule has 0 bridgehead atoms. The average molecular weight is 523 g/mol. The molecule has 1 aliphatic heterocycles. The van der Waals surface area contributed by atoms with Gasteiger partial charge in [-0.05, 0) is 48.4 Å². The molecule has 3 aromatic rings. The largest absolute Gasteiger partial charge is 0.481 e. The van der Waals surface area contributed by atoms with Gasteiger partial charge in [-0.25, -0.2) is 9.79 Å². The zero-order valence-corrected chi connectivity index (χ0v) is 21.3. The average Bonchev–Trinajstić information content (AvgIpc) is 3.17. The Morgan fingerprint density at radius 2 is 1.92 bits per heavy atom. The van der Waals surface area contributed by atoms with Crippen LogP contribution in [0.1, 0.15) is 24.1 Å². The summed E-state index contributed by atoms with van der Waals surface area (Å²) in [7, 11) is 1.53. The Morgan fingerprint density at radius 1 is 1.19 bits per heavy atom. The molecule has 4 rings (SSSR count). The molecular formula is C27H23ClN2O5S. The molecule has 2 aromatic carbocycles. The lowest BCUT2D eigenvalue weighted by Crippen LogP contribution is -2.40. The number of aromatic nitrogens is 1. The Hall–Kier alpha value is -3.64. The number of fused-ring (bicyclic) bond motifs is 1. The molecule has 0 N–H and O–H groups in total. The molecule has 2 heterocycles. The fourth-order valence-corrected chi connectivity index (χ4v) is 4.95. The lowest BCUT2D eigenvalue weighted by molar-refractivity contribution is -0.140. The number of carbonyl (C=O) groups excluding carboxylic acids is 1. The minimum atomic E-state index is -0.713. The Bertz CT molecular complexity index is 1510. The zero-order valence-electron chi connectivity index (χ0n) is 19.7. The number of hydrogen-bond acceptors (Lipinski definition) is 7. The topological polar surface area (TPSA) is 79.1 Å². The molecule has 0 saturated heterocycles. The smallest absolute Gasteiger partial charge is 0.338 e. The predicted octanol–water partition coefficient (Wildman–Crippen LogP) is 3.09. The maximum Gasteiger partial charge on any atom is 0.338 e. The normalized spacial score (nSPS) is 15.2. The van der Waals surface area contributed by atoms with E-state index in [1.807, 2.05) is 12.1 Å². The van der Waals surface area contributed by atoms with E-state index >= 15 is 0 Å². The van der Waals surface area contributed by atoms with Crippen molar-refractivity contribution in [2.24, 2.45) is 4.99 Å². The van der Waals surface area contributed by atoms with Crippen LogP contribution in [0.4, 0.5) is 0 Å². The first kappa shape index (κ1) is 25.5. The molecule has 0 spiro atoms. The van der Waals surface area contributed by atoms with E-state index in [2.05, 4.69) is 10.9 Å². The van der Waals surface area contributed by atoms with Gasteiger partial charge in [-0.2, -0.15) is 0 Å². The number of carbonyl (C=O) groups is 1. The molecule has 0 radical (unpaired) electrons. The highest BCUT2D eigenvalue weighted by molar-refractivity contribution is 7.07. The molecule has 1 atom stereocenters. The van der Waals surface area contributed by atoms with Gasteiger partial charge in [-0.1, -0.05) is 53.1 Å². The molecule has 7 nitrogen and oxygen atoms in total. The summed E-state index contributed by atoms with van der Waals surface area (Å²) < 4.78 is 17.8. The number of benzene rings is 2. The molecule has 1 aromatic heterocycles. The first-order valence-electron chi connectivity index (χ1n) is 11.0. The number of halogens is 1. The summed E-state index contributed by atoms with van der Waals surface area (Å²) in [5.74, 6) is 2.51. The van der Waals surface area contributed by atoms with Gasteiger partial charge in [0.05, 0.1) is 28.5 Å². The fourth-order valence-electron chi connectivity index (χ4n) is 3.78. The number of ether oxygens (including phenoxy) is 3. The molecule has 0 aliphatic carbocycles. The number of terminal acetylenes is 1. The minimum absolute atomic E-state index is 0.0882. The number of rotatable bonds is 8. The standard InChI is InChI=1S/C27H23ClN2O5S/c1-4-13-34-21-11-5-18(6-12-21)16-22-25(31)30-24(19-7-9-20(28)10-8-19)23(17(2)29-27(30)36-22)26(32)35-15-14-33-3/h1,5-12,16,24H,13-15H2,2-3H3. The van der Waals surface area contributed by atoms with Crippen molar-refractivity contribution in [2.45, 2.75) is 13.0 Å². The highest BCUT2D eigenvalue weighted by Gasteiger charge is 2.33. The lowest BCUT2D eigenvalue weighted by atomic mass is 9.96. The predicted molar refractivity (Wildman–Crippen MR) is 139 cm³/mol. The summed E-state index contributed by atoms with van der Waals surface area (Å²) in [6.07, 6.45) is 7.01. The summed E-state index contributed by atoms with van der Waals surface area (Å²) in [5, 5.41) is 0.547. The number of allylic oxidation sites excluding steroid dienone is 1. The number of nitrogens with zero attached hydrogens (tertiary/aromatic N) is 2. The highest BCUT2D eigenvalue weighted by atomic mass is 35.5. The van der Waals surface area contributed by atoms with Crippen LogP contribution in [0, 0.1) is 12.3 Å². The molecule has 9 heteroatoms. The number of thiazole rings is 1. The van der Waals surface area contributed by atoms with Crippen molar-refractivity contribution in [3.05, 3.63) is 95.6 Å². The molecule has 0 saturated carbocycles. The minimum Gasteiger partial charge on any atom is -0.481 e.